The summed E-state index contributed by atoms with van der Waals surface area (Å²) in [6, 6.07) is 17.1. The predicted octanol–water partition coefficient (Wildman–Crippen LogP) is 3.68. The van der Waals surface area contributed by atoms with Gasteiger partial charge in [-0.05, 0) is 36.2 Å². The van der Waals surface area contributed by atoms with Crippen LogP contribution in [0.5, 0.6) is 5.75 Å². The summed E-state index contributed by atoms with van der Waals surface area (Å²) < 4.78 is 5.21. The molecule has 6 heteroatoms. The molecule has 0 spiro atoms. The molecule has 1 heterocycles. The van der Waals surface area contributed by atoms with E-state index < -0.39 is 6.10 Å². The third-order valence-corrected chi connectivity index (χ3v) is 4.01. The SMILES string of the molecule is COc1cccc(Nc2nccc(NCC(O)c3ccccc3C)n2)c1. The molecule has 0 aliphatic rings. The molecule has 3 N–H and O–H groups in total. The van der Waals surface area contributed by atoms with Gasteiger partial charge in [-0.3, -0.25) is 0 Å². The molecule has 0 aliphatic heterocycles. The highest BCUT2D eigenvalue weighted by molar-refractivity contribution is 5.57. The summed E-state index contributed by atoms with van der Waals surface area (Å²) in [4.78, 5) is 8.65. The zero-order valence-electron chi connectivity index (χ0n) is 14.8. The van der Waals surface area contributed by atoms with Gasteiger partial charge in [-0.1, -0.05) is 30.3 Å². The fraction of sp³-hybridized carbons (Fsp3) is 0.200. The Bertz CT molecular complexity index is 870. The highest BCUT2D eigenvalue weighted by Gasteiger charge is 2.10. The highest BCUT2D eigenvalue weighted by atomic mass is 16.5. The van der Waals surface area contributed by atoms with E-state index in [0.29, 0.717) is 18.3 Å². The third kappa shape index (κ3) is 4.49. The van der Waals surface area contributed by atoms with Gasteiger partial charge in [-0.15, -0.1) is 0 Å². The van der Waals surface area contributed by atoms with Crippen LogP contribution >= 0.6 is 0 Å². The normalized spacial score (nSPS) is 11.7. The molecule has 3 rings (SSSR count). The molecule has 134 valence electrons. The lowest BCUT2D eigenvalue weighted by molar-refractivity contribution is 0.191. The molecule has 0 saturated heterocycles. The summed E-state index contributed by atoms with van der Waals surface area (Å²) in [7, 11) is 1.62. The molecule has 0 amide bonds. The summed E-state index contributed by atoms with van der Waals surface area (Å²) in [5.74, 6) is 1.86. The van der Waals surface area contributed by atoms with Crippen LogP contribution in [0.3, 0.4) is 0 Å². The van der Waals surface area contributed by atoms with Crippen molar-refractivity contribution in [2.45, 2.75) is 13.0 Å². The molecule has 0 bridgehead atoms. The van der Waals surface area contributed by atoms with Gasteiger partial charge >= 0.3 is 0 Å². The smallest absolute Gasteiger partial charge is 0.229 e. The van der Waals surface area contributed by atoms with Crippen molar-refractivity contribution < 1.29 is 9.84 Å². The first-order chi connectivity index (χ1) is 12.7. The van der Waals surface area contributed by atoms with Crippen LogP contribution in [0.1, 0.15) is 17.2 Å². The largest absolute Gasteiger partial charge is 0.497 e. The number of aliphatic hydroxyl groups is 1. The molecule has 0 radical (unpaired) electrons. The van der Waals surface area contributed by atoms with Crippen molar-refractivity contribution >= 4 is 17.5 Å². The van der Waals surface area contributed by atoms with Crippen molar-refractivity contribution in [1.29, 1.82) is 0 Å². The lowest BCUT2D eigenvalue weighted by Gasteiger charge is -2.15. The van der Waals surface area contributed by atoms with Crippen LogP contribution < -0.4 is 15.4 Å². The first-order valence-corrected chi connectivity index (χ1v) is 8.37. The number of aromatic nitrogens is 2. The maximum Gasteiger partial charge on any atom is 0.229 e. The van der Waals surface area contributed by atoms with Gasteiger partial charge in [0, 0.05) is 24.5 Å². The number of nitrogens with one attached hydrogen (secondary N) is 2. The van der Waals surface area contributed by atoms with Gasteiger partial charge in [-0.25, -0.2) is 4.98 Å². The number of anilines is 3. The van der Waals surface area contributed by atoms with Gasteiger partial charge in [0.15, 0.2) is 0 Å². The zero-order chi connectivity index (χ0) is 18.4. The topological polar surface area (TPSA) is 79.3 Å². The lowest BCUT2D eigenvalue weighted by Crippen LogP contribution is -2.14. The number of aliphatic hydroxyl groups excluding tert-OH is 1. The average Bonchev–Trinajstić information content (AvgIpc) is 2.67. The molecule has 0 aliphatic carbocycles. The predicted molar refractivity (Wildman–Crippen MR) is 103 cm³/mol. The Morgan fingerprint density at radius 1 is 1.12 bits per heavy atom. The molecule has 26 heavy (non-hydrogen) atoms. The van der Waals surface area contributed by atoms with Gasteiger partial charge < -0.3 is 20.5 Å². The molecule has 2 aromatic carbocycles. The number of hydrogen-bond acceptors (Lipinski definition) is 6. The van der Waals surface area contributed by atoms with Crippen molar-refractivity contribution in [2.24, 2.45) is 0 Å². The average molecular weight is 350 g/mol. The van der Waals surface area contributed by atoms with E-state index in [1.54, 1.807) is 19.4 Å². The van der Waals surface area contributed by atoms with E-state index in [1.165, 1.54) is 0 Å². The van der Waals surface area contributed by atoms with E-state index in [0.717, 1.165) is 22.6 Å². The van der Waals surface area contributed by atoms with Gasteiger partial charge in [-0.2, -0.15) is 4.98 Å². The van der Waals surface area contributed by atoms with E-state index in [9.17, 15) is 5.11 Å². The fourth-order valence-electron chi connectivity index (χ4n) is 2.62. The molecule has 1 atom stereocenters. The van der Waals surface area contributed by atoms with Gasteiger partial charge in [0.25, 0.3) is 0 Å². The third-order valence-electron chi connectivity index (χ3n) is 4.01. The molecule has 0 saturated carbocycles. The monoisotopic (exact) mass is 350 g/mol. The summed E-state index contributed by atoms with van der Waals surface area (Å²) in [6.07, 6.45) is 1.05. The Balaban J connectivity index is 1.64. The van der Waals surface area contributed by atoms with Gasteiger partial charge in [0.05, 0.1) is 13.2 Å². The van der Waals surface area contributed by atoms with Crippen LogP contribution in [0.15, 0.2) is 60.8 Å². The van der Waals surface area contributed by atoms with Crippen LogP contribution in [-0.4, -0.2) is 28.7 Å². The van der Waals surface area contributed by atoms with E-state index in [-0.39, 0.29) is 0 Å². The van der Waals surface area contributed by atoms with E-state index in [1.807, 2.05) is 55.5 Å². The standard InChI is InChI=1S/C20H22N4O2/c1-14-6-3-4-9-17(14)18(25)13-22-19-10-11-21-20(24-19)23-15-7-5-8-16(12-15)26-2/h3-12,18,25H,13H2,1-2H3,(H2,21,22,23,24). The van der Waals surface area contributed by atoms with Crippen LogP contribution in [0.25, 0.3) is 0 Å². The second-order valence-corrected chi connectivity index (χ2v) is 5.88. The maximum atomic E-state index is 10.4. The number of benzene rings is 2. The second kappa shape index (κ2) is 8.31. The summed E-state index contributed by atoms with van der Waals surface area (Å²) in [5.41, 5.74) is 2.80. The Kier molecular flexibility index (Phi) is 5.66. The Labute approximate surface area is 152 Å². The maximum absolute atomic E-state index is 10.4. The highest BCUT2D eigenvalue weighted by Crippen LogP contribution is 2.21. The van der Waals surface area contributed by atoms with E-state index in [4.69, 9.17) is 4.74 Å². The number of nitrogens with zero attached hydrogens (tertiary/aromatic N) is 2. The molecule has 0 fully saturated rings. The minimum Gasteiger partial charge on any atom is -0.497 e. The zero-order valence-corrected chi connectivity index (χ0v) is 14.8. The van der Waals surface area contributed by atoms with Crippen molar-refractivity contribution in [3.8, 4) is 5.75 Å². The number of ether oxygens (including phenoxy) is 1. The lowest BCUT2D eigenvalue weighted by atomic mass is 10.0. The van der Waals surface area contributed by atoms with E-state index in [2.05, 4.69) is 20.6 Å². The van der Waals surface area contributed by atoms with Crippen LogP contribution in [0, 0.1) is 6.92 Å². The van der Waals surface area contributed by atoms with Crippen molar-refractivity contribution in [3.05, 3.63) is 71.9 Å². The fourth-order valence-corrected chi connectivity index (χ4v) is 2.62. The molecule has 1 aromatic heterocycles. The Morgan fingerprint density at radius 2 is 1.96 bits per heavy atom. The Hall–Kier alpha value is -3.12. The summed E-state index contributed by atoms with van der Waals surface area (Å²) in [6.45, 7) is 2.35. The quantitative estimate of drug-likeness (QED) is 0.603. The number of hydrogen-bond donors (Lipinski definition) is 3. The Morgan fingerprint density at radius 3 is 2.77 bits per heavy atom. The van der Waals surface area contributed by atoms with Crippen LogP contribution in [0.4, 0.5) is 17.5 Å². The number of aryl methyl sites for hydroxylation is 1. The van der Waals surface area contributed by atoms with Crippen molar-refractivity contribution in [1.82, 2.24) is 9.97 Å². The van der Waals surface area contributed by atoms with Gasteiger partial charge in [0.2, 0.25) is 5.95 Å². The van der Waals surface area contributed by atoms with Crippen LogP contribution in [0.2, 0.25) is 0 Å². The molecular formula is C20H22N4O2. The minimum atomic E-state index is -0.610. The molecular weight excluding hydrogens is 328 g/mol. The molecule has 1 unspecified atom stereocenters. The molecule has 3 aromatic rings. The first kappa shape index (κ1) is 17.7. The van der Waals surface area contributed by atoms with E-state index >= 15 is 0 Å². The van der Waals surface area contributed by atoms with Crippen molar-refractivity contribution in [2.75, 3.05) is 24.3 Å². The van der Waals surface area contributed by atoms with Gasteiger partial charge in [0.1, 0.15) is 11.6 Å². The van der Waals surface area contributed by atoms with Crippen molar-refractivity contribution in [3.63, 3.8) is 0 Å². The number of rotatable bonds is 7. The molecule has 6 nitrogen and oxygen atoms in total. The number of methoxy groups -OCH3 is 1. The second-order valence-electron chi connectivity index (χ2n) is 5.88. The minimum absolute atomic E-state index is 0.362. The summed E-state index contributed by atoms with van der Waals surface area (Å²) >= 11 is 0. The summed E-state index contributed by atoms with van der Waals surface area (Å²) in [5, 5.41) is 16.7. The first-order valence-electron chi connectivity index (χ1n) is 8.37. The van der Waals surface area contributed by atoms with Crippen LogP contribution in [-0.2, 0) is 0 Å².